The van der Waals surface area contributed by atoms with Crippen LogP contribution >= 0.6 is 0 Å². The summed E-state index contributed by atoms with van der Waals surface area (Å²) in [5.74, 6) is -0.710. The number of nitrogens with two attached hydrogens (primary N) is 1. The first kappa shape index (κ1) is 12.2. The Hall–Kier alpha value is -0.900. The zero-order valence-electron chi connectivity index (χ0n) is 10.0. The lowest BCUT2D eigenvalue weighted by atomic mass is 10.0. The monoisotopic (exact) mass is 212 g/mol. The maximum Gasteiger partial charge on any atom is 0.243 e. The Morgan fingerprint density at radius 1 is 1.20 bits per heavy atom. The number of hydrogen-bond acceptors (Lipinski definition) is 3. The first-order valence-electron chi connectivity index (χ1n) is 5.22. The van der Waals surface area contributed by atoms with Crippen LogP contribution in [0.15, 0.2) is 0 Å². The molecule has 1 rings (SSSR count). The number of hydrogen-bond donors (Lipinski definition) is 2. The van der Waals surface area contributed by atoms with Crippen molar-refractivity contribution in [2.45, 2.75) is 40.7 Å². The third-order valence-corrected chi connectivity index (χ3v) is 3.94. The molecule has 0 heterocycles. The van der Waals surface area contributed by atoms with Crippen LogP contribution in [0.2, 0.25) is 0 Å². The molecule has 0 aromatic heterocycles. The van der Waals surface area contributed by atoms with Gasteiger partial charge in [-0.3, -0.25) is 14.9 Å². The van der Waals surface area contributed by atoms with Gasteiger partial charge >= 0.3 is 0 Å². The molecule has 0 aromatic rings. The molecule has 1 fully saturated rings. The normalized spacial score (nSPS) is 24.4. The minimum atomic E-state index is -0.640. The SMILES string of the molecule is C[C@H](N)C(=O)NC(=O)C1C(C)(C)C1(C)C. The summed E-state index contributed by atoms with van der Waals surface area (Å²) in [6.07, 6.45) is 0. The van der Waals surface area contributed by atoms with Gasteiger partial charge < -0.3 is 5.73 Å². The molecule has 2 amide bonds. The molecule has 0 saturated heterocycles. The van der Waals surface area contributed by atoms with Crippen molar-refractivity contribution in [2.75, 3.05) is 0 Å². The van der Waals surface area contributed by atoms with Gasteiger partial charge in [0.1, 0.15) is 0 Å². The maximum atomic E-state index is 11.8. The molecule has 0 aliphatic heterocycles. The quantitative estimate of drug-likeness (QED) is 0.706. The standard InChI is InChI=1S/C11H20N2O2/c1-6(12)8(14)13-9(15)7-10(2,3)11(7,4)5/h6-7H,12H2,1-5H3,(H,13,14,15)/t6-/m0/s1. The Balaban J connectivity index is 2.63. The van der Waals surface area contributed by atoms with Crippen molar-refractivity contribution in [3.8, 4) is 0 Å². The van der Waals surface area contributed by atoms with Crippen LogP contribution in [0.25, 0.3) is 0 Å². The van der Waals surface area contributed by atoms with E-state index in [9.17, 15) is 9.59 Å². The number of amides is 2. The van der Waals surface area contributed by atoms with Crippen LogP contribution in [0.4, 0.5) is 0 Å². The molecular formula is C11H20N2O2. The molecule has 4 heteroatoms. The molecule has 0 radical (unpaired) electrons. The van der Waals surface area contributed by atoms with Crippen LogP contribution in [0.5, 0.6) is 0 Å². The van der Waals surface area contributed by atoms with E-state index in [0.29, 0.717) is 0 Å². The van der Waals surface area contributed by atoms with Crippen molar-refractivity contribution in [3.05, 3.63) is 0 Å². The second kappa shape index (κ2) is 3.30. The second-order valence-electron chi connectivity index (χ2n) is 5.52. The maximum absolute atomic E-state index is 11.8. The Morgan fingerprint density at radius 3 is 1.87 bits per heavy atom. The highest BCUT2D eigenvalue weighted by Gasteiger charge is 2.68. The van der Waals surface area contributed by atoms with E-state index < -0.39 is 11.9 Å². The Bertz CT molecular complexity index is 292. The van der Waals surface area contributed by atoms with Gasteiger partial charge in [-0.2, -0.15) is 0 Å². The van der Waals surface area contributed by atoms with Gasteiger partial charge in [0, 0.05) is 5.92 Å². The fourth-order valence-corrected chi connectivity index (χ4v) is 2.16. The van der Waals surface area contributed by atoms with E-state index in [4.69, 9.17) is 5.73 Å². The average Bonchev–Trinajstić information content (AvgIpc) is 2.41. The third-order valence-electron chi connectivity index (χ3n) is 3.94. The van der Waals surface area contributed by atoms with E-state index in [1.807, 2.05) is 27.7 Å². The molecule has 1 aliphatic carbocycles. The molecule has 3 N–H and O–H groups in total. The fraction of sp³-hybridized carbons (Fsp3) is 0.818. The highest BCUT2D eigenvalue weighted by atomic mass is 16.2. The summed E-state index contributed by atoms with van der Waals surface area (Å²) in [5, 5.41) is 2.35. The van der Waals surface area contributed by atoms with Crippen LogP contribution in [0, 0.1) is 16.7 Å². The summed E-state index contributed by atoms with van der Waals surface area (Å²) in [7, 11) is 0. The van der Waals surface area contributed by atoms with E-state index in [-0.39, 0.29) is 22.7 Å². The van der Waals surface area contributed by atoms with Gasteiger partial charge in [0.25, 0.3) is 0 Å². The highest BCUT2D eigenvalue weighted by Crippen LogP contribution is 2.68. The third kappa shape index (κ3) is 1.78. The van der Waals surface area contributed by atoms with Gasteiger partial charge in [-0.1, -0.05) is 27.7 Å². The van der Waals surface area contributed by atoms with Crippen molar-refractivity contribution < 1.29 is 9.59 Å². The summed E-state index contributed by atoms with van der Waals surface area (Å²) in [5.41, 5.74) is 5.28. The highest BCUT2D eigenvalue weighted by molar-refractivity contribution is 6.00. The summed E-state index contributed by atoms with van der Waals surface area (Å²) in [4.78, 5) is 23.0. The number of carbonyl (C=O) groups excluding carboxylic acids is 2. The topological polar surface area (TPSA) is 72.2 Å². The zero-order chi connectivity index (χ0) is 12.0. The number of imide groups is 1. The Kier molecular flexibility index (Phi) is 2.68. The van der Waals surface area contributed by atoms with Gasteiger partial charge in [0.2, 0.25) is 11.8 Å². The van der Waals surface area contributed by atoms with Crippen molar-refractivity contribution in [2.24, 2.45) is 22.5 Å². The van der Waals surface area contributed by atoms with Gasteiger partial charge in [-0.25, -0.2) is 0 Å². The summed E-state index contributed by atoms with van der Waals surface area (Å²) in [6.45, 7) is 9.70. The molecule has 0 aromatic carbocycles. The summed E-state index contributed by atoms with van der Waals surface area (Å²) in [6, 6.07) is -0.640. The van der Waals surface area contributed by atoms with Crippen molar-refractivity contribution in [1.29, 1.82) is 0 Å². The van der Waals surface area contributed by atoms with Gasteiger partial charge in [-0.05, 0) is 17.8 Å². The smallest absolute Gasteiger partial charge is 0.243 e. The molecule has 1 saturated carbocycles. The van der Waals surface area contributed by atoms with Crippen molar-refractivity contribution in [1.82, 2.24) is 5.32 Å². The molecule has 86 valence electrons. The number of nitrogens with one attached hydrogen (secondary N) is 1. The van der Waals surface area contributed by atoms with Crippen molar-refractivity contribution >= 4 is 11.8 Å². The van der Waals surface area contributed by atoms with Gasteiger partial charge in [-0.15, -0.1) is 0 Å². The van der Waals surface area contributed by atoms with E-state index in [0.717, 1.165) is 0 Å². The minimum absolute atomic E-state index is 0.0464. The molecule has 1 aliphatic rings. The van der Waals surface area contributed by atoms with E-state index in [1.54, 1.807) is 6.92 Å². The predicted octanol–water partition coefficient (Wildman–Crippen LogP) is 0.659. The van der Waals surface area contributed by atoms with E-state index >= 15 is 0 Å². The molecule has 0 bridgehead atoms. The zero-order valence-corrected chi connectivity index (χ0v) is 10.0. The first-order valence-corrected chi connectivity index (χ1v) is 5.22. The van der Waals surface area contributed by atoms with Gasteiger partial charge in [0.05, 0.1) is 6.04 Å². The van der Waals surface area contributed by atoms with Crippen molar-refractivity contribution in [3.63, 3.8) is 0 Å². The lowest BCUT2D eigenvalue weighted by Gasteiger charge is -2.07. The molecule has 4 nitrogen and oxygen atoms in total. The van der Waals surface area contributed by atoms with Crippen LogP contribution < -0.4 is 11.1 Å². The summed E-state index contributed by atoms with van der Waals surface area (Å²) >= 11 is 0. The van der Waals surface area contributed by atoms with E-state index in [1.165, 1.54) is 0 Å². The van der Waals surface area contributed by atoms with Gasteiger partial charge in [0.15, 0.2) is 0 Å². The largest absolute Gasteiger partial charge is 0.320 e. The minimum Gasteiger partial charge on any atom is -0.320 e. The molecule has 15 heavy (non-hydrogen) atoms. The van der Waals surface area contributed by atoms with Crippen LogP contribution in [-0.2, 0) is 9.59 Å². The Morgan fingerprint density at radius 2 is 1.60 bits per heavy atom. The molecule has 1 atom stereocenters. The molecular weight excluding hydrogens is 192 g/mol. The van der Waals surface area contributed by atoms with Crippen LogP contribution in [-0.4, -0.2) is 17.9 Å². The lowest BCUT2D eigenvalue weighted by Crippen LogP contribution is -2.43. The average molecular weight is 212 g/mol. The Labute approximate surface area is 90.6 Å². The fourth-order valence-electron chi connectivity index (χ4n) is 2.16. The first-order chi connectivity index (χ1) is 6.62. The lowest BCUT2D eigenvalue weighted by molar-refractivity contribution is -0.132. The second-order valence-corrected chi connectivity index (χ2v) is 5.52. The van der Waals surface area contributed by atoms with Crippen LogP contribution in [0.1, 0.15) is 34.6 Å². The van der Waals surface area contributed by atoms with E-state index in [2.05, 4.69) is 5.32 Å². The number of carbonyl (C=O) groups is 2. The molecule has 0 spiro atoms. The van der Waals surface area contributed by atoms with Crippen LogP contribution in [0.3, 0.4) is 0 Å². The predicted molar refractivity (Wildman–Crippen MR) is 57.9 cm³/mol. The summed E-state index contributed by atoms with van der Waals surface area (Å²) < 4.78 is 0. The number of rotatable bonds is 2. The molecule has 0 unspecified atom stereocenters.